The molecule has 7 aromatic carbocycles. The van der Waals surface area contributed by atoms with Gasteiger partial charge in [-0.2, -0.15) is 0 Å². The van der Waals surface area contributed by atoms with E-state index in [-0.39, 0.29) is 28.7 Å². The molecule has 0 unspecified atom stereocenters. The number of anilines is 6. The molecule has 2 heterocycles. The van der Waals surface area contributed by atoms with Gasteiger partial charge in [0, 0.05) is 34.1 Å². The molecule has 7 aromatic rings. The number of hydrogen-bond donors (Lipinski definition) is 2. The Hall–Kier alpha value is -6.86. The van der Waals surface area contributed by atoms with E-state index in [1.807, 2.05) is 24.3 Å². The minimum Gasteiger partial charge on any atom is -0.478 e. The molecule has 0 saturated carbocycles. The van der Waals surface area contributed by atoms with E-state index in [2.05, 4.69) is 154 Å². The summed E-state index contributed by atoms with van der Waals surface area (Å²) in [7, 11) is 0. The first-order valence-electron chi connectivity index (χ1n) is 20.1. The minimum atomic E-state index is -0.949. The number of nitrogens with zero attached hydrogens (tertiary/aromatic N) is 2. The van der Waals surface area contributed by atoms with Crippen LogP contribution >= 0.6 is 0 Å². The Labute approximate surface area is 346 Å². The topological polar surface area (TPSA) is 81.1 Å². The average Bonchev–Trinajstić information content (AvgIpc) is 3.22. The van der Waals surface area contributed by atoms with Gasteiger partial charge in [0.15, 0.2) is 0 Å². The van der Waals surface area contributed by atoms with E-state index in [0.717, 1.165) is 56.4 Å². The van der Waals surface area contributed by atoms with Crippen molar-refractivity contribution in [3.8, 4) is 22.3 Å². The molecule has 2 aliphatic rings. The quantitative estimate of drug-likeness (QED) is 0.164. The molecule has 0 fully saturated rings. The van der Waals surface area contributed by atoms with Crippen molar-refractivity contribution in [2.75, 3.05) is 9.80 Å². The van der Waals surface area contributed by atoms with Gasteiger partial charge in [0.2, 0.25) is 0 Å². The van der Waals surface area contributed by atoms with Gasteiger partial charge in [-0.15, -0.1) is 0 Å². The summed E-state index contributed by atoms with van der Waals surface area (Å²) in [5.74, 6) is -1.90. The second kappa shape index (κ2) is 13.9. The highest BCUT2D eigenvalue weighted by molar-refractivity contribution is 7.00. The summed E-state index contributed by atoms with van der Waals surface area (Å²) < 4.78 is 0. The monoisotopic (exact) mass is 772 g/mol. The van der Waals surface area contributed by atoms with E-state index < -0.39 is 11.9 Å². The molecular formula is C52H45BN2O4. The van der Waals surface area contributed by atoms with Crippen LogP contribution in [0.4, 0.5) is 34.1 Å². The van der Waals surface area contributed by atoms with Crippen molar-refractivity contribution in [2.24, 2.45) is 0 Å². The van der Waals surface area contributed by atoms with Gasteiger partial charge in [0.05, 0.1) is 11.1 Å². The van der Waals surface area contributed by atoms with Crippen LogP contribution in [0.15, 0.2) is 152 Å². The third-order valence-electron chi connectivity index (χ3n) is 11.9. The lowest BCUT2D eigenvalue weighted by atomic mass is 9.33. The van der Waals surface area contributed by atoms with Crippen molar-refractivity contribution in [3.63, 3.8) is 0 Å². The molecule has 59 heavy (non-hydrogen) atoms. The molecule has 0 saturated heterocycles. The van der Waals surface area contributed by atoms with Crippen LogP contribution in [0, 0.1) is 0 Å². The summed E-state index contributed by atoms with van der Waals surface area (Å²) >= 11 is 0. The zero-order chi connectivity index (χ0) is 41.4. The second-order valence-electron chi connectivity index (χ2n) is 17.7. The molecule has 2 N–H and O–H groups in total. The Morgan fingerprint density at radius 2 is 0.797 bits per heavy atom. The molecule has 2 aliphatic heterocycles. The van der Waals surface area contributed by atoms with Crippen LogP contribution in [-0.4, -0.2) is 28.9 Å². The lowest BCUT2D eigenvalue weighted by molar-refractivity contribution is 0.0686. The SMILES string of the molecule is CC(C)(C)c1ccc(N2c3cc(-c4ccc(C(=O)O)cc4)ccc3B3c4ccc(-c5ccc(C(=O)O)cc5)cc4N(c4ccc(C(C)(C)C)cc4)c4cccc2c43)cc1. The molecule has 0 atom stereocenters. The predicted octanol–water partition coefficient (Wildman–Crippen LogP) is 11.1. The van der Waals surface area contributed by atoms with Gasteiger partial charge >= 0.3 is 11.9 Å². The van der Waals surface area contributed by atoms with Crippen molar-refractivity contribution in [2.45, 2.75) is 52.4 Å². The maximum absolute atomic E-state index is 11.7. The summed E-state index contributed by atoms with van der Waals surface area (Å²) in [5, 5.41) is 19.2. The predicted molar refractivity (Wildman–Crippen MR) is 243 cm³/mol. The van der Waals surface area contributed by atoms with Gasteiger partial charge < -0.3 is 20.0 Å². The second-order valence-corrected chi connectivity index (χ2v) is 17.7. The smallest absolute Gasteiger partial charge is 0.335 e. The third-order valence-corrected chi connectivity index (χ3v) is 11.9. The molecule has 0 spiro atoms. The number of aromatic carboxylic acids is 2. The molecule has 0 radical (unpaired) electrons. The molecule has 9 rings (SSSR count). The van der Waals surface area contributed by atoms with E-state index in [4.69, 9.17) is 0 Å². The lowest BCUT2D eigenvalue weighted by Gasteiger charge is -2.44. The van der Waals surface area contributed by atoms with Gasteiger partial charge in [-0.05, 0) is 133 Å². The normalized spacial score (nSPS) is 13.1. The summed E-state index contributed by atoms with van der Waals surface area (Å²) in [4.78, 5) is 28.2. The average molecular weight is 773 g/mol. The van der Waals surface area contributed by atoms with Crippen molar-refractivity contribution in [1.82, 2.24) is 0 Å². The van der Waals surface area contributed by atoms with E-state index in [1.54, 1.807) is 24.3 Å². The van der Waals surface area contributed by atoms with Gasteiger partial charge in [-0.3, -0.25) is 0 Å². The Morgan fingerprint density at radius 3 is 1.14 bits per heavy atom. The highest BCUT2D eigenvalue weighted by Crippen LogP contribution is 2.46. The van der Waals surface area contributed by atoms with Crippen LogP contribution in [0.3, 0.4) is 0 Å². The van der Waals surface area contributed by atoms with E-state index in [9.17, 15) is 19.8 Å². The number of rotatable bonds is 6. The summed E-state index contributed by atoms with van der Waals surface area (Å²) in [5.41, 5.74) is 16.8. The number of hydrogen-bond acceptors (Lipinski definition) is 4. The Bertz CT molecular complexity index is 2590. The maximum atomic E-state index is 11.7. The third kappa shape index (κ3) is 6.57. The largest absolute Gasteiger partial charge is 0.478 e. The summed E-state index contributed by atoms with van der Waals surface area (Å²) in [6.45, 7) is 13.3. The van der Waals surface area contributed by atoms with Gasteiger partial charge in [-0.1, -0.05) is 120 Å². The molecule has 290 valence electrons. The van der Waals surface area contributed by atoms with Crippen LogP contribution in [0.1, 0.15) is 73.4 Å². The molecule has 6 nitrogen and oxygen atoms in total. The molecule has 0 bridgehead atoms. The first kappa shape index (κ1) is 37.7. The fourth-order valence-electron chi connectivity index (χ4n) is 8.67. The Balaban J connectivity index is 1.29. The molecule has 0 amide bonds. The van der Waals surface area contributed by atoms with Crippen molar-refractivity contribution >= 4 is 69.2 Å². The number of fused-ring (bicyclic) bond motifs is 4. The van der Waals surface area contributed by atoms with Crippen LogP contribution in [0.2, 0.25) is 0 Å². The molecule has 0 aromatic heterocycles. The fraction of sp³-hybridized carbons (Fsp3) is 0.154. The van der Waals surface area contributed by atoms with Crippen molar-refractivity contribution in [1.29, 1.82) is 0 Å². The maximum Gasteiger partial charge on any atom is 0.335 e. The van der Waals surface area contributed by atoms with E-state index in [1.165, 1.54) is 27.5 Å². The Kier molecular flexibility index (Phi) is 8.89. The van der Waals surface area contributed by atoms with Gasteiger partial charge in [0.1, 0.15) is 0 Å². The van der Waals surface area contributed by atoms with E-state index >= 15 is 0 Å². The summed E-state index contributed by atoms with van der Waals surface area (Å²) in [6.07, 6.45) is 0. The van der Waals surface area contributed by atoms with Gasteiger partial charge in [-0.25, -0.2) is 9.59 Å². The molecular weight excluding hydrogens is 727 g/mol. The highest BCUT2D eigenvalue weighted by atomic mass is 16.4. The zero-order valence-corrected chi connectivity index (χ0v) is 34.1. The van der Waals surface area contributed by atoms with Crippen LogP contribution in [0.5, 0.6) is 0 Å². The Morgan fingerprint density at radius 1 is 0.441 bits per heavy atom. The number of carbonyl (C=O) groups is 2. The number of benzene rings is 7. The van der Waals surface area contributed by atoms with Crippen LogP contribution in [0.25, 0.3) is 22.3 Å². The first-order chi connectivity index (χ1) is 28.2. The standard InChI is InChI=1S/C52H45BN2O4/c1-51(2,3)38-20-24-40(25-21-38)54-44-8-7-9-45-48(44)53(42-28-18-36(30-46(42)54)32-10-14-34(15-11-32)49(56)57)43-29-19-37(33-12-16-35(17-13-33)50(58)59)31-47(43)55(45)41-26-22-39(23-27-41)52(4,5)6/h7-31H,1-6H3,(H,56,57)(H,58,59). The number of carboxylic acids is 2. The van der Waals surface area contributed by atoms with Crippen molar-refractivity contribution in [3.05, 3.63) is 174 Å². The van der Waals surface area contributed by atoms with Gasteiger partial charge in [0.25, 0.3) is 6.71 Å². The number of carboxylic acid groups (broad SMARTS) is 2. The minimum absolute atomic E-state index is 0.00543. The van der Waals surface area contributed by atoms with E-state index in [0.29, 0.717) is 0 Å². The highest BCUT2D eigenvalue weighted by Gasteiger charge is 2.43. The fourth-order valence-corrected chi connectivity index (χ4v) is 8.67. The first-order valence-corrected chi connectivity index (χ1v) is 20.1. The van der Waals surface area contributed by atoms with Crippen LogP contribution < -0.4 is 26.2 Å². The van der Waals surface area contributed by atoms with Crippen LogP contribution in [-0.2, 0) is 10.8 Å². The molecule has 0 aliphatic carbocycles. The molecule has 7 heteroatoms. The lowest BCUT2D eigenvalue weighted by Crippen LogP contribution is -2.61. The van der Waals surface area contributed by atoms with Crippen molar-refractivity contribution < 1.29 is 19.8 Å². The zero-order valence-electron chi connectivity index (χ0n) is 34.1. The summed E-state index contributed by atoms with van der Waals surface area (Å²) in [6, 6.07) is 51.9.